The lowest BCUT2D eigenvalue weighted by molar-refractivity contribution is -0.388. The van der Waals surface area contributed by atoms with Gasteiger partial charge >= 0.3 is 5.69 Å². The Labute approximate surface area is 92.2 Å². The molecular weight excluding hydrogens is 213 g/mol. The summed E-state index contributed by atoms with van der Waals surface area (Å²) in [4.78, 5) is 9.89. The van der Waals surface area contributed by atoms with E-state index < -0.39 is 16.4 Å². The van der Waals surface area contributed by atoms with Gasteiger partial charge in [0.25, 0.3) is 0 Å². The molecule has 1 aromatic carbocycles. The lowest BCUT2D eigenvalue weighted by atomic mass is 10.3. The van der Waals surface area contributed by atoms with Crippen LogP contribution in [0.25, 0.3) is 0 Å². The maximum atomic E-state index is 13.2. The van der Waals surface area contributed by atoms with E-state index in [0.29, 0.717) is 12.5 Å². The molecular formula is C11H12FNO3. The molecule has 0 bridgehead atoms. The number of hydrogen-bond acceptors (Lipinski definition) is 3. The van der Waals surface area contributed by atoms with Crippen molar-refractivity contribution in [2.24, 2.45) is 5.92 Å². The quantitative estimate of drug-likeness (QED) is 0.571. The number of nitro groups is 1. The molecule has 86 valence electrons. The van der Waals surface area contributed by atoms with Crippen molar-refractivity contribution in [2.75, 3.05) is 6.61 Å². The van der Waals surface area contributed by atoms with Crippen LogP contribution in [-0.2, 0) is 0 Å². The average Bonchev–Trinajstić information content (AvgIpc) is 3.01. The summed E-state index contributed by atoms with van der Waals surface area (Å²) >= 11 is 0. The van der Waals surface area contributed by atoms with E-state index in [1.165, 1.54) is 25.0 Å². The fourth-order valence-corrected chi connectivity index (χ4v) is 1.53. The maximum Gasteiger partial charge on any atom is 0.346 e. The Kier molecular flexibility index (Phi) is 3.03. The van der Waals surface area contributed by atoms with Crippen LogP contribution in [0.4, 0.5) is 10.1 Å². The lowest BCUT2D eigenvalue weighted by Crippen LogP contribution is -2.02. The predicted octanol–water partition coefficient (Wildman–Crippen LogP) is 2.91. The summed E-state index contributed by atoms with van der Waals surface area (Å²) in [5.74, 6) is -0.146. The Hall–Kier alpha value is -1.65. The SMILES string of the molecule is O=[N+]([O-])c1c(F)cccc1OCCC1CC1. The molecule has 4 nitrogen and oxygen atoms in total. The number of nitrogens with zero attached hydrogens (tertiary/aromatic N) is 1. The number of ether oxygens (including phenoxy) is 1. The highest BCUT2D eigenvalue weighted by Gasteiger charge is 2.23. The summed E-state index contributed by atoms with van der Waals surface area (Å²) in [6, 6.07) is 3.90. The smallest absolute Gasteiger partial charge is 0.346 e. The van der Waals surface area contributed by atoms with Gasteiger partial charge in [0.1, 0.15) is 0 Å². The third kappa shape index (κ3) is 2.48. The Morgan fingerprint density at radius 2 is 2.25 bits per heavy atom. The summed E-state index contributed by atoms with van der Waals surface area (Å²) in [5.41, 5.74) is -0.571. The van der Waals surface area contributed by atoms with Gasteiger partial charge in [-0.15, -0.1) is 0 Å². The molecule has 5 heteroatoms. The van der Waals surface area contributed by atoms with Crippen molar-refractivity contribution in [3.05, 3.63) is 34.1 Å². The number of benzene rings is 1. The number of para-hydroxylation sites is 1. The van der Waals surface area contributed by atoms with Gasteiger partial charge in [-0.25, -0.2) is 0 Å². The lowest BCUT2D eigenvalue weighted by Gasteiger charge is -2.06. The van der Waals surface area contributed by atoms with Crippen molar-refractivity contribution < 1.29 is 14.1 Å². The van der Waals surface area contributed by atoms with Crippen molar-refractivity contribution in [1.82, 2.24) is 0 Å². The zero-order chi connectivity index (χ0) is 11.5. The van der Waals surface area contributed by atoms with Crippen LogP contribution in [-0.4, -0.2) is 11.5 Å². The van der Waals surface area contributed by atoms with E-state index in [0.717, 1.165) is 12.5 Å². The first-order chi connectivity index (χ1) is 7.68. The Morgan fingerprint density at radius 1 is 1.50 bits per heavy atom. The van der Waals surface area contributed by atoms with Gasteiger partial charge in [-0.3, -0.25) is 10.1 Å². The van der Waals surface area contributed by atoms with Crippen molar-refractivity contribution in [3.8, 4) is 5.75 Å². The summed E-state index contributed by atoms with van der Waals surface area (Å²) in [5, 5.41) is 10.6. The Balaban J connectivity index is 2.05. The van der Waals surface area contributed by atoms with E-state index in [1.807, 2.05) is 0 Å². The van der Waals surface area contributed by atoms with E-state index in [2.05, 4.69) is 0 Å². The number of nitro benzene ring substituents is 1. The number of halogens is 1. The van der Waals surface area contributed by atoms with Gasteiger partial charge in [-0.1, -0.05) is 18.9 Å². The number of rotatable bonds is 5. The van der Waals surface area contributed by atoms with Crippen LogP contribution in [0.2, 0.25) is 0 Å². The highest BCUT2D eigenvalue weighted by atomic mass is 19.1. The minimum Gasteiger partial charge on any atom is -0.487 e. The third-order valence-electron chi connectivity index (χ3n) is 2.61. The van der Waals surface area contributed by atoms with Gasteiger partial charge in [-0.2, -0.15) is 4.39 Å². The van der Waals surface area contributed by atoms with E-state index in [-0.39, 0.29) is 5.75 Å². The van der Waals surface area contributed by atoms with Crippen LogP contribution in [0.1, 0.15) is 19.3 Å². The fourth-order valence-electron chi connectivity index (χ4n) is 1.53. The Bertz CT molecular complexity index is 404. The molecule has 1 saturated carbocycles. The molecule has 1 aromatic rings. The van der Waals surface area contributed by atoms with Crippen molar-refractivity contribution in [2.45, 2.75) is 19.3 Å². The molecule has 0 radical (unpaired) electrons. The van der Waals surface area contributed by atoms with Gasteiger partial charge < -0.3 is 4.74 Å². The number of hydrogen-bond donors (Lipinski definition) is 0. The van der Waals surface area contributed by atoms with Crippen LogP contribution >= 0.6 is 0 Å². The zero-order valence-corrected chi connectivity index (χ0v) is 8.69. The molecule has 0 saturated heterocycles. The molecule has 1 fully saturated rings. The van der Waals surface area contributed by atoms with Crippen LogP contribution in [0.5, 0.6) is 5.75 Å². The highest BCUT2D eigenvalue weighted by Crippen LogP contribution is 2.34. The molecule has 0 unspecified atom stereocenters. The second-order valence-electron chi connectivity index (χ2n) is 3.92. The zero-order valence-electron chi connectivity index (χ0n) is 8.69. The van der Waals surface area contributed by atoms with E-state index >= 15 is 0 Å². The summed E-state index contributed by atoms with van der Waals surface area (Å²) in [6.07, 6.45) is 3.29. The van der Waals surface area contributed by atoms with Gasteiger partial charge in [0.05, 0.1) is 11.5 Å². The van der Waals surface area contributed by atoms with Crippen molar-refractivity contribution in [3.63, 3.8) is 0 Å². The molecule has 1 aliphatic carbocycles. The first-order valence-corrected chi connectivity index (χ1v) is 5.24. The molecule has 1 aliphatic rings. The second kappa shape index (κ2) is 4.47. The fraction of sp³-hybridized carbons (Fsp3) is 0.455. The molecule has 0 spiro atoms. The summed E-state index contributed by atoms with van der Waals surface area (Å²) in [7, 11) is 0. The molecule has 0 heterocycles. The summed E-state index contributed by atoms with van der Waals surface area (Å²) in [6.45, 7) is 0.412. The van der Waals surface area contributed by atoms with Crippen LogP contribution in [0, 0.1) is 21.8 Å². The van der Waals surface area contributed by atoms with Crippen molar-refractivity contribution in [1.29, 1.82) is 0 Å². The average molecular weight is 225 g/mol. The molecule has 0 N–H and O–H groups in total. The van der Waals surface area contributed by atoms with Crippen LogP contribution in [0.15, 0.2) is 18.2 Å². The standard InChI is InChI=1S/C11H12FNO3/c12-9-2-1-3-10(11(9)13(14)15)16-7-6-8-4-5-8/h1-3,8H,4-7H2. The minimum absolute atomic E-state index is 0.0191. The normalized spacial score (nSPS) is 14.8. The van der Waals surface area contributed by atoms with E-state index in [4.69, 9.17) is 4.74 Å². The predicted molar refractivity (Wildman–Crippen MR) is 55.9 cm³/mol. The van der Waals surface area contributed by atoms with Crippen molar-refractivity contribution >= 4 is 5.69 Å². The maximum absolute atomic E-state index is 13.2. The molecule has 0 atom stereocenters. The van der Waals surface area contributed by atoms with Crippen LogP contribution < -0.4 is 4.74 Å². The van der Waals surface area contributed by atoms with Gasteiger partial charge in [0, 0.05) is 0 Å². The van der Waals surface area contributed by atoms with Gasteiger partial charge in [-0.05, 0) is 24.5 Å². The molecule has 0 aliphatic heterocycles. The minimum atomic E-state index is -0.853. The first kappa shape index (κ1) is 10.9. The van der Waals surface area contributed by atoms with Gasteiger partial charge in [0.2, 0.25) is 5.82 Å². The van der Waals surface area contributed by atoms with E-state index in [9.17, 15) is 14.5 Å². The molecule has 0 aromatic heterocycles. The van der Waals surface area contributed by atoms with E-state index in [1.54, 1.807) is 0 Å². The van der Waals surface area contributed by atoms with Gasteiger partial charge in [0.15, 0.2) is 5.75 Å². The topological polar surface area (TPSA) is 52.4 Å². The largest absolute Gasteiger partial charge is 0.487 e. The molecule has 0 amide bonds. The second-order valence-corrected chi connectivity index (χ2v) is 3.92. The highest BCUT2D eigenvalue weighted by molar-refractivity contribution is 5.47. The molecule has 16 heavy (non-hydrogen) atoms. The Morgan fingerprint density at radius 3 is 2.88 bits per heavy atom. The molecule has 2 rings (SSSR count). The first-order valence-electron chi connectivity index (χ1n) is 5.24. The summed E-state index contributed by atoms with van der Waals surface area (Å²) < 4.78 is 18.4. The van der Waals surface area contributed by atoms with Crippen LogP contribution in [0.3, 0.4) is 0 Å². The monoisotopic (exact) mass is 225 g/mol. The third-order valence-corrected chi connectivity index (χ3v) is 2.61.